The van der Waals surface area contributed by atoms with Gasteiger partial charge in [-0.05, 0) is 67.6 Å². The maximum Gasteiger partial charge on any atom is 0.335 e. The minimum Gasteiger partial charge on any atom is -0.497 e. The van der Waals surface area contributed by atoms with Crippen molar-refractivity contribution in [1.82, 2.24) is 4.57 Å². The van der Waals surface area contributed by atoms with Crippen LogP contribution in [0.5, 0.6) is 5.75 Å². The van der Waals surface area contributed by atoms with Gasteiger partial charge in [-0.25, -0.2) is 4.79 Å². The molecule has 3 aromatic rings. The fourth-order valence-corrected chi connectivity index (χ4v) is 2.60. The van der Waals surface area contributed by atoms with Gasteiger partial charge in [-0.1, -0.05) is 0 Å². The summed E-state index contributed by atoms with van der Waals surface area (Å²) in [6.07, 6.45) is 1.72. The van der Waals surface area contributed by atoms with Crippen LogP contribution in [0, 0.1) is 6.92 Å². The second kappa shape index (κ2) is 7.57. The van der Waals surface area contributed by atoms with Crippen molar-refractivity contribution in [2.75, 3.05) is 12.5 Å². The molecule has 0 atom stereocenters. The highest BCUT2D eigenvalue weighted by molar-refractivity contribution is 5.88. The number of carbonyl (C=O) groups is 1. The quantitative estimate of drug-likeness (QED) is 0.522. The Balaban J connectivity index is 1.77. The normalized spacial score (nSPS) is 10.8. The number of aromatic carboxylic acids is 1. The minimum absolute atomic E-state index is 0.239. The lowest BCUT2D eigenvalue weighted by molar-refractivity contribution is 0.0697. The van der Waals surface area contributed by atoms with E-state index in [1.165, 1.54) is 12.1 Å². The van der Waals surface area contributed by atoms with Crippen LogP contribution in [0.1, 0.15) is 21.7 Å². The molecule has 6 nitrogen and oxygen atoms in total. The Labute approximate surface area is 151 Å². The summed E-state index contributed by atoms with van der Waals surface area (Å²) in [5.74, 6) is -0.145. The fraction of sp³-hybridized carbons (Fsp3) is 0.100. The van der Waals surface area contributed by atoms with Gasteiger partial charge in [0.15, 0.2) is 0 Å². The molecule has 0 aliphatic rings. The number of aryl methyl sites for hydroxylation is 1. The highest BCUT2D eigenvalue weighted by Crippen LogP contribution is 2.19. The van der Waals surface area contributed by atoms with Gasteiger partial charge in [0.25, 0.3) is 0 Å². The van der Waals surface area contributed by atoms with Crippen LogP contribution < -0.4 is 10.2 Å². The van der Waals surface area contributed by atoms with E-state index in [1.54, 1.807) is 25.5 Å². The number of carboxylic acids is 1. The molecule has 3 rings (SSSR count). The Bertz CT molecular complexity index is 926. The third-order valence-corrected chi connectivity index (χ3v) is 3.96. The second-order valence-electron chi connectivity index (χ2n) is 5.69. The minimum atomic E-state index is -0.951. The Kier molecular flexibility index (Phi) is 5.03. The molecule has 0 fully saturated rings. The summed E-state index contributed by atoms with van der Waals surface area (Å²) in [7, 11) is 1.64. The number of ether oxygens (including phenoxy) is 1. The molecule has 0 bridgehead atoms. The zero-order valence-corrected chi connectivity index (χ0v) is 14.5. The molecule has 0 saturated carbocycles. The first-order valence-corrected chi connectivity index (χ1v) is 8.03. The first-order chi connectivity index (χ1) is 12.6. The molecule has 0 amide bonds. The summed E-state index contributed by atoms with van der Waals surface area (Å²) in [6, 6.07) is 18.2. The monoisotopic (exact) mass is 349 g/mol. The van der Waals surface area contributed by atoms with Gasteiger partial charge in [0.2, 0.25) is 0 Å². The highest BCUT2D eigenvalue weighted by Gasteiger charge is 2.06. The van der Waals surface area contributed by atoms with Crippen LogP contribution in [-0.2, 0) is 0 Å². The number of anilines is 1. The van der Waals surface area contributed by atoms with Gasteiger partial charge in [-0.15, -0.1) is 0 Å². The Hall–Kier alpha value is -3.54. The number of nitrogens with one attached hydrogen (secondary N) is 1. The molecule has 1 heterocycles. The van der Waals surface area contributed by atoms with Crippen molar-refractivity contribution >= 4 is 17.9 Å². The predicted molar refractivity (Wildman–Crippen MR) is 102 cm³/mol. The number of methoxy groups -OCH3 is 1. The van der Waals surface area contributed by atoms with Gasteiger partial charge in [0.1, 0.15) is 5.75 Å². The summed E-state index contributed by atoms with van der Waals surface area (Å²) >= 11 is 0. The number of hydrogen-bond acceptors (Lipinski definition) is 4. The number of hydrazone groups is 1. The predicted octanol–water partition coefficient (Wildman–Crippen LogP) is 3.94. The Morgan fingerprint density at radius 1 is 1.08 bits per heavy atom. The molecule has 0 aliphatic carbocycles. The summed E-state index contributed by atoms with van der Waals surface area (Å²) in [6.45, 7) is 2.03. The third kappa shape index (κ3) is 3.75. The van der Waals surface area contributed by atoms with E-state index in [9.17, 15) is 4.79 Å². The number of nitrogens with zero attached hydrogens (tertiary/aromatic N) is 2. The van der Waals surface area contributed by atoms with Gasteiger partial charge in [-0.3, -0.25) is 5.43 Å². The van der Waals surface area contributed by atoms with E-state index in [-0.39, 0.29) is 5.56 Å². The van der Waals surface area contributed by atoms with Crippen molar-refractivity contribution in [3.05, 3.63) is 77.6 Å². The molecule has 6 heteroatoms. The van der Waals surface area contributed by atoms with Crippen LogP contribution in [0.15, 0.2) is 65.8 Å². The van der Waals surface area contributed by atoms with Crippen molar-refractivity contribution < 1.29 is 14.6 Å². The Morgan fingerprint density at radius 2 is 1.77 bits per heavy atom. The topological polar surface area (TPSA) is 75.8 Å². The number of hydrogen-bond donors (Lipinski definition) is 2. The van der Waals surface area contributed by atoms with Crippen LogP contribution in [0.4, 0.5) is 5.69 Å². The van der Waals surface area contributed by atoms with E-state index in [4.69, 9.17) is 9.84 Å². The number of rotatable bonds is 6. The van der Waals surface area contributed by atoms with Gasteiger partial charge < -0.3 is 14.4 Å². The van der Waals surface area contributed by atoms with E-state index in [1.807, 2.05) is 43.3 Å². The van der Waals surface area contributed by atoms with Crippen LogP contribution in [-0.4, -0.2) is 29.0 Å². The average molecular weight is 349 g/mol. The van der Waals surface area contributed by atoms with E-state index < -0.39 is 5.97 Å². The molecule has 2 N–H and O–H groups in total. The molecular formula is C20H19N3O3. The Morgan fingerprint density at radius 3 is 2.38 bits per heavy atom. The van der Waals surface area contributed by atoms with Crippen molar-refractivity contribution in [2.45, 2.75) is 6.92 Å². The van der Waals surface area contributed by atoms with Gasteiger partial charge in [-0.2, -0.15) is 5.10 Å². The average Bonchev–Trinajstić information content (AvgIpc) is 3.03. The van der Waals surface area contributed by atoms with Crippen LogP contribution in [0.25, 0.3) is 5.69 Å². The molecule has 0 radical (unpaired) electrons. The molecule has 0 saturated heterocycles. The molecule has 2 aromatic carbocycles. The van der Waals surface area contributed by atoms with Gasteiger partial charge in [0.05, 0.1) is 30.3 Å². The number of aromatic nitrogens is 1. The van der Waals surface area contributed by atoms with Crippen molar-refractivity contribution in [2.24, 2.45) is 5.10 Å². The number of carboxylic acid groups (broad SMARTS) is 1. The third-order valence-electron chi connectivity index (χ3n) is 3.96. The summed E-state index contributed by atoms with van der Waals surface area (Å²) in [5.41, 5.74) is 6.88. The van der Waals surface area contributed by atoms with Gasteiger partial charge in [0, 0.05) is 11.4 Å². The molecule has 0 unspecified atom stereocenters. The van der Waals surface area contributed by atoms with Crippen LogP contribution >= 0.6 is 0 Å². The van der Waals surface area contributed by atoms with E-state index in [0.717, 1.165) is 22.8 Å². The van der Waals surface area contributed by atoms with Crippen molar-refractivity contribution in [3.63, 3.8) is 0 Å². The van der Waals surface area contributed by atoms with Gasteiger partial charge >= 0.3 is 5.97 Å². The molecule has 1 aromatic heterocycles. The smallest absolute Gasteiger partial charge is 0.335 e. The summed E-state index contributed by atoms with van der Waals surface area (Å²) in [5, 5.41) is 13.2. The molecular weight excluding hydrogens is 330 g/mol. The van der Waals surface area contributed by atoms with Crippen LogP contribution in [0.3, 0.4) is 0 Å². The van der Waals surface area contributed by atoms with E-state index in [0.29, 0.717) is 5.69 Å². The summed E-state index contributed by atoms with van der Waals surface area (Å²) in [4.78, 5) is 10.9. The SMILES string of the molecule is COc1ccc(-n2c(C)ccc2/C=N\Nc2ccc(C(=O)O)cc2)cc1. The lowest BCUT2D eigenvalue weighted by Crippen LogP contribution is -2.02. The lowest BCUT2D eigenvalue weighted by Gasteiger charge is -2.10. The maximum atomic E-state index is 10.9. The van der Waals surface area contributed by atoms with Crippen molar-refractivity contribution in [1.29, 1.82) is 0 Å². The molecule has 26 heavy (non-hydrogen) atoms. The molecule has 0 aliphatic heterocycles. The first-order valence-electron chi connectivity index (χ1n) is 8.03. The maximum absolute atomic E-state index is 10.9. The second-order valence-corrected chi connectivity index (χ2v) is 5.69. The highest BCUT2D eigenvalue weighted by atomic mass is 16.5. The standard InChI is InChI=1S/C20H19N3O3/c1-14-3-8-18(23(14)17-9-11-19(26-2)12-10-17)13-21-22-16-6-4-15(5-7-16)20(24)25/h3-13,22H,1-2H3,(H,24,25)/b21-13-. The first kappa shape index (κ1) is 17.3. The van der Waals surface area contributed by atoms with E-state index in [2.05, 4.69) is 15.1 Å². The summed E-state index contributed by atoms with van der Waals surface area (Å²) < 4.78 is 7.28. The zero-order valence-electron chi connectivity index (χ0n) is 14.5. The molecule has 132 valence electrons. The lowest BCUT2D eigenvalue weighted by atomic mass is 10.2. The van der Waals surface area contributed by atoms with Crippen LogP contribution in [0.2, 0.25) is 0 Å². The molecule has 0 spiro atoms. The number of benzene rings is 2. The fourth-order valence-electron chi connectivity index (χ4n) is 2.60. The van der Waals surface area contributed by atoms with E-state index >= 15 is 0 Å². The zero-order chi connectivity index (χ0) is 18.5. The largest absolute Gasteiger partial charge is 0.497 e. The van der Waals surface area contributed by atoms with Crippen molar-refractivity contribution in [3.8, 4) is 11.4 Å².